The molecule has 0 saturated heterocycles. The number of anilines is 1. The van der Waals surface area contributed by atoms with Gasteiger partial charge in [0.1, 0.15) is 22.6 Å². The molecule has 176 valence electrons. The number of nitrogens with one attached hydrogen (secondary N) is 1. The molecule has 5 nitrogen and oxygen atoms in total. The summed E-state index contributed by atoms with van der Waals surface area (Å²) >= 11 is 0. The molecule has 0 atom stereocenters. The van der Waals surface area contributed by atoms with E-state index in [0.717, 1.165) is 14.2 Å². The lowest BCUT2D eigenvalue weighted by molar-refractivity contribution is 0.0584. The zero-order valence-electron chi connectivity index (χ0n) is 17.4. The van der Waals surface area contributed by atoms with Gasteiger partial charge in [-0.05, 0) is 32.9 Å². The minimum Gasteiger partial charge on any atom is -0.465 e. The van der Waals surface area contributed by atoms with E-state index < -0.39 is 75.0 Å². The number of ether oxygens (including phenoxy) is 2. The van der Waals surface area contributed by atoms with Crippen LogP contribution in [0.25, 0.3) is 0 Å². The van der Waals surface area contributed by atoms with Crippen molar-refractivity contribution >= 4 is 17.6 Å². The largest absolute Gasteiger partial charge is 0.465 e. The van der Waals surface area contributed by atoms with Crippen LogP contribution in [0.15, 0.2) is 12.1 Å². The van der Waals surface area contributed by atoms with Crippen LogP contribution in [0.4, 0.5) is 36.4 Å². The Kier molecular flexibility index (Phi) is 8.63. The third kappa shape index (κ3) is 6.11. The van der Waals surface area contributed by atoms with Gasteiger partial charge in [-0.2, -0.15) is 0 Å². The molecule has 0 aromatic heterocycles. The lowest BCUT2D eigenvalue weighted by Gasteiger charge is -2.23. The molecule has 12 heteroatoms. The fraction of sp³-hybridized carbons (Fsp3) is 0.300. The van der Waals surface area contributed by atoms with Crippen molar-refractivity contribution in [2.24, 2.45) is 0 Å². The molecule has 0 aliphatic rings. The van der Waals surface area contributed by atoms with Gasteiger partial charge in [-0.25, -0.2) is 40.3 Å². The molecule has 0 saturated carbocycles. The number of benzene rings is 2. The molecular formula is C20H18F7NO4. The van der Waals surface area contributed by atoms with Gasteiger partial charge < -0.3 is 14.8 Å². The Hall–Kier alpha value is -3.31. The number of esters is 2. The van der Waals surface area contributed by atoms with Gasteiger partial charge in [0.2, 0.25) is 0 Å². The molecule has 0 bridgehead atoms. The van der Waals surface area contributed by atoms with Crippen molar-refractivity contribution in [2.45, 2.75) is 26.3 Å². The van der Waals surface area contributed by atoms with Gasteiger partial charge in [0.05, 0.1) is 14.2 Å². The maximum atomic E-state index is 13.7. The molecule has 0 radical (unpaired) electrons. The smallest absolute Gasteiger partial charge is 0.341 e. The van der Waals surface area contributed by atoms with Crippen LogP contribution in [0.3, 0.4) is 0 Å². The van der Waals surface area contributed by atoms with Crippen molar-refractivity contribution in [2.75, 3.05) is 19.5 Å². The molecule has 2 rings (SSSR count). The Morgan fingerprint density at radius 2 is 1.09 bits per heavy atom. The van der Waals surface area contributed by atoms with Gasteiger partial charge in [0.25, 0.3) is 0 Å². The number of halogens is 7. The molecule has 0 aliphatic carbocycles. The fourth-order valence-corrected chi connectivity index (χ4v) is 2.17. The van der Waals surface area contributed by atoms with Crippen LogP contribution in [0.1, 0.15) is 41.5 Å². The minimum absolute atomic E-state index is 0.236. The highest BCUT2D eigenvalue weighted by molar-refractivity contribution is 5.90. The predicted molar refractivity (Wildman–Crippen MR) is 98.6 cm³/mol. The number of hydrogen-bond acceptors (Lipinski definition) is 5. The van der Waals surface area contributed by atoms with E-state index in [1.54, 1.807) is 20.8 Å². The van der Waals surface area contributed by atoms with E-state index in [0.29, 0.717) is 6.07 Å². The summed E-state index contributed by atoms with van der Waals surface area (Å²) in [5.41, 5.74) is -3.01. The summed E-state index contributed by atoms with van der Waals surface area (Å²) in [5.74, 6) is -13.8. The standard InChI is InChI=1S/C12H14F3NO2.C8H4F4O2/c1-12(2,3)16-10-7(13)5-6(11(17)18-4)8(14)9(10)15;1-14-8(13)3-2-4(9)6(11)7(12)5(3)10/h5,16H,1-4H3;2H,1H3. The Labute approximate surface area is 178 Å². The first-order chi connectivity index (χ1) is 14.7. The maximum absolute atomic E-state index is 13.7. The van der Waals surface area contributed by atoms with E-state index in [1.807, 2.05) is 0 Å². The number of hydrogen-bond donors (Lipinski definition) is 1. The van der Waals surface area contributed by atoms with E-state index in [2.05, 4.69) is 14.8 Å². The lowest BCUT2D eigenvalue weighted by atomic mass is 10.1. The Bertz CT molecular complexity index is 1040. The summed E-state index contributed by atoms with van der Waals surface area (Å²) in [6.07, 6.45) is 0. The molecule has 0 spiro atoms. The van der Waals surface area contributed by atoms with Gasteiger partial charge >= 0.3 is 11.9 Å². The first-order valence-corrected chi connectivity index (χ1v) is 8.61. The Balaban J connectivity index is 0.000000330. The van der Waals surface area contributed by atoms with Crippen molar-refractivity contribution < 1.29 is 49.8 Å². The second-order valence-corrected chi connectivity index (χ2v) is 7.11. The maximum Gasteiger partial charge on any atom is 0.341 e. The molecule has 0 amide bonds. The zero-order valence-corrected chi connectivity index (χ0v) is 17.4. The molecule has 0 aliphatic heterocycles. The Morgan fingerprint density at radius 1 is 0.688 bits per heavy atom. The normalized spacial score (nSPS) is 10.8. The lowest BCUT2D eigenvalue weighted by Crippen LogP contribution is -2.28. The monoisotopic (exact) mass is 469 g/mol. The van der Waals surface area contributed by atoms with Crippen molar-refractivity contribution in [1.82, 2.24) is 0 Å². The average Bonchev–Trinajstić information content (AvgIpc) is 2.73. The van der Waals surface area contributed by atoms with Crippen molar-refractivity contribution in [3.63, 3.8) is 0 Å². The minimum atomic E-state index is -2.04. The SMILES string of the molecule is COC(=O)c1cc(F)c(F)c(F)c1F.COC(=O)c1cc(F)c(NC(C)(C)C)c(F)c1F. The van der Waals surface area contributed by atoms with Crippen LogP contribution in [0.5, 0.6) is 0 Å². The zero-order chi connectivity index (χ0) is 25.0. The summed E-state index contributed by atoms with van der Waals surface area (Å²) in [6, 6.07) is 0.845. The average molecular weight is 469 g/mol. The molecule has 0 unspecified atom stereocenters. The fourth-order valence-electron chi connectivity index (χ4n) is 2.17. The van der Waals surface area contributed by atoms with Gasteiger partial charge in [-0.15, -0.1) is 0 Å². The van der Waals surface area contributed by atoms with Crippen LogP contribution < -0.4 is 5.32 Å². The van der Waals surface area contributed by atoms with Gasteiger partial charge in [0.15, 0.2) is 34.9 Å². The Morgan fingerprint density at radius 3 is 1.50 bits per heavy atom. The molecule has 2 aromatic rings. The van der Waals surface area contributed by atoms with Crippen molar-refractivity contribution in [3.05, 3.63) is 64.0 Å². The quantitative estimate of drug-likeness (QED) is 0.292. The molecule has 0 heterocycles. The van der Waals surface area contributed by atoms with E-state index in [4.69, 9.17) is 0 Å². The second kappa shape index (κ2) is 10.3. The molecular weight excluding hydrogens is 451 g/mol. The van der Waals surface area contributed by atoms with Crippen LogP contribution in [-0.4, -0.2) is 31.7 Å². The van der Waals surface area contributed by atoms with Crippen LogP contribution in [0.2, 0.25) is 0 Å². The number of methoxy groups -OCH3 is 2. The first kappa shape index (κ1) is 26.7. The molecule has 32 heavy (non-hydrogen) atoms. The summed E-state index contributed by atoms with van der Waals surface area (Å²) in [7, 11) is 1.90. The number of carbonyl (C=O) groups is 2. The van der Waals surface area contributed by atoms with Crippen molar-refractivity contribution in [3.8, 4) is 0 Å². The van der Waals surface area contributed by atoms with Crippen LogP contribution in [0, 0.1) is 40.7 Å². The summed E-state index contributed by atoms with van der Waals surface area (Å²) in [6.45, 7) is 4.99. The van der Waals surface area contributed by atoms with E-state index >= 15 is 0 Å². The third-order valence-corrected chi connectivity index (χ3v) is 3.57. The van der Waals surface area contributed by atoms with E-state index in [9.17, 15) is 40.3 Å². The number of carbonyl (C=O) groups excluding carboxylic acids is 2. The highest BCUT2D eigenvalue weighted by Crippen LogP contribution is 2.27. The van der Waals surface area contributed by atoms with Crippen molar-refractivity contribution in [1.29, 1.82) is 0 Å². The third-order valence-electron chi connectivity index (χ3n) is 3.57. The topological polar surface area (TPSA) is 64.6 Å². The highest BCUT2D eigenvalue weighted by Gasteiger charge is 2.26. The highest BCUT2D eigenvalue weighted by atomic mass is 19.2. The van der Waals surface area contributed by atoms with Crippen LogP contribution in [-0.2, 0) is 9.47 Å². The van der Waals surface area contributed by atoms with Crippen LogP contribution >= 0.6 is 0 Å². The molecule has 0 fully saturated rings. The number of rotatable bonds is 3. The van der Waals surface area contributed by atoms with Gasteiger partial charge in [-0.3, -0.25) is 0 Å². The van der Waals surface area contributed by atoms with Gasteiger partial charge in [0, 0.05) is 5.54 Å². The van der Waals surface area contributed by atoms with E-state index in [-0.39, 0.29) is 6.07 Å². The summed E-state index contributed by atoms with van der Waals surface area (Å²) in [5, 5.41) is 2.50. The molecule has 2 aromatic carbocycles. The first-order valence-electron chi connectivity index (χ1n) is 8.61. The van der Waals surface area contributed by atoms with E-state index in [1.165, 1.54) is 0 Å². The predicted octanol–water partition coefficient (Wildman–Crippen LogP) is 5.13. The summed E-state index contributed by atoms with van der Waals surface area (Å²) in [4.78, 5) is 21.9. The summed E-state index contributed by atoms with van der Waals surface area (Å²) < 4.78 is 99.4. The van der Waals surface area contributed by atoms with Gasteiger partial charge in [-0.1, -0.05) is 0 Å². The molecule has 1 N–H and O–H groups in total. The second-order valence-electron chi connectivity index (χ2n) is 7.11.